The number of thioether (sulfide) groups is 1. The van der Waals surface area contributed by atoms with Gasteiger partial charge in [-0.1, -0.05) is 17.7 Å². The van der Waals surface area contributed by atoms with E-state index in [1.165, 1.54) is 6.08 Å². The molecule has 1 aliphatic rings. The Morgan fingerprint density at radius 2 is 2.17 bits per heavy atom. The molecule has 6 heteroatoms. The minimum atomic E-state index is -0.211. The number of halogens is 1. The van der Waals surface area contributed by atoms with Gasteiger partial charge in [0.05, 0.1) is 5.02 Å². The highest BCUT2D eigenvalue weighted by molar-refractivity contribution is 7.98. The average molecular weight is 348 g/mol. The highest BCUT2D eigenvalue weighted by Crippen LogP contribution is 2.40. The van der Waals surface area contributed by atoms with E-state index < -0.39 is 0 Å². The summed E-state index contributed by atoms with van der Waals surface area (Å²) >= 11 is 7.74. The number of benzene rings is 2. The van der Waals surface area contributed by atoms with Gasteiger partial charge >= 0.3 is 0 Å². The number of carbonyl (C=O) groups excluding carboxylic acids is 1. The molecule has 0 aromatic heterocycles. The van der Waals surface area contributed by atoms with Crippen molar-refractivity contribution < 1.29 is 14.3 Å². The quantitative estimate of drug-likeness (QED) is 0.656. The van der Waals surface area contributed by atoms with Crippen molar-refractivity contribution >= 4 is 41.0 Å². The first-order valence-electron chi connectivity index (χ1n) is 6.88. The van der Waals surface area contributed by atoms with Gasteiger partial charge in [-0.25, -0.2) is 0 Å². The Morgan fingerprint density at radius 1 is 1.30 bits per heavy atom. The van der Waals surface area contributed by atoms with Crippen molar-refractivity contribution in [1.82, 2.24) is 0 Å². The van der Waals surface area contributed by atoms with Gasteiger partial charge in [-0.2, -0.15) is 0 Å². The molecular weight excluding hydrogens is 334 g/mol. The Bertz CT molecular complexity index is 776. The number of hydrogen-bond acceptors (Lipinski definition) is 4. The second-order valence-corrected chi connectivity index (χ2v) is 6.08. The Labute approximate surface area is 143 Å². The van der Waals surface area contributed by atoms with E-state index in [1.54, 1.807) is 30.0 Å². The minimum absolute atomic E-state index is 0.161. The molecule has 118 valence electrons. The van der Waals surface area contributed by atoms with Crippen LogP contribution in [0.2, 0.25) is 5.02 Å². The number of amides is 1. The highest BCUT2D eigenvalue weighted by Gasteiger charge is 2.17. The lowest BCUT2D eigenvalue weighted by Crippen LogP contribution is -2.07. The van der Waals surface area contributed by atoms with Crippen molar-refractivity contribution in [3.63, 3.8) is 0 Å². The van der Waals surface area contributed by atoms with E-state index in [2.05, 4.69) is 5.32 Å². The lowest BCUT2D eigenvalue weighted by atomic mass is 10.2. The average Bonchev–Trinajstić information content (AvgIpc) is 3.02. The van der Waals surface area contributed by atoms with Gasteiger partial charge in [-0.05, 0) is 48.2 Å². The van der Waals surface area contributed by atoms with Gasteiger partial charge in [-0.3, -0.25) is 4.79 Å². The maximum atomic E-state index is 12.0. The van der Waals surface area contributed by atoms with Crippen LogP contribution in [0.25, 0.3) is 6.08 Å². The number of anilines is 1. The van der Waals surface area contributed by atoms with E-state index in [-0.39, 0.29) is 12.7 Å². The number of carbonyl (C=O) groups is 1. The normalized spacial score (nSPS) is 12.6. The van der Waals surface area contributed by atoms with Crippen LogP contribution in [-0.2, 0) is 4.79 Å². The van der Waals surface area contributed by atoms with Crippen LogP contribution >= 0.6 is 23.4 Å². The van der Waals surface area contributed by atoms with E-state index in [0.29, 0.717) is 16.5 Å². The topological polar surface area (TPSA) is 47.6 Å². The van der Waals surface area contributed by atoms with Crippen molar-refractivity contribution in [2.75, 3.05) is 18.4 Å². The minimum Gasteiger partial charge on any atom is -0.454 e. The van der Waals surface area contributed by atoms with Crippen molar-refractivity contribution in [2.24, 2.45) is 0 Å². The molecule has 0 saturated carbocycles. The van der Waals surface area contributed by atoms with Crippen LogP contribution in [0.1, 0.15) is 5.56 Å². The number of nitrogens with one attached hydrogen (secondary N) is 1. The van der Waals surface area contributed by atoms with Crippen LogP contribution in [0.5, 0.6) is 11.5 Å². The monoisotopic (exact) mass is 347 g/mol. The van der Waals surface area contributed by atoms with Crippen molar-refractivity contribution in [3.05, 3.63) is 53.1 Å². The van der Waals surface area contributed by atoms with Gasteiger partial charge in [0.2, 0.25) is 12.7 Å². The third-order valence-electron chi connectivity index (χ3n) is 3.21. The molecule has 1 N–H and O–H groups in total. The second kappa shape index (κ2) is 6.98. The van der Waals surface area contributed by atoms with E-state index in [4.69, 9.17) is 21.1 Å². The van der Waals surface area contributed by atoms with Gasteiger partial charge in [0.25, 0.3) is 0 Å². The summed E-state index contributed by atoms with van der Waals surface area (Å²) in [6.07, 6.45) is 5.13. The molecular formula is C17H14ClNO3S. The van der Waals surface area contributed by atoms with Crippen LogP contribution in [0.15, 0.2) is 47.4 Å². The Balaban J connectivity index is 1.70. The molecule has 23 heavy (non-hydrogen) atoms. The second-order valence-electron chi connectivity index (χ2n) is 4.79. The summed E-state index contributed by atoms with van der Waals surface area (Å²) in [6, 6.07) is 11.2. The summed E-state index contributed by atoms with van der Waals surface area (Å²) in [6.45, 7) is 0.161. The predicted octanol–water partition coefficient (Wildman–Crippen LogP) is 4.44. The molecule has 1 amide bonds. The van der Waals surface area contributed by atoms with Crippen molar-refractivity contribution in [2.45, 2.75) is 4.90 Å². The van der Waals surface area contributed by atoms with Crippen LogP contribution in [0.3, 0.4) is 0 Å². The molecule has 0 spiro atoms. The van der Waals surface area contributed by atoms with Crippen molar-refractivity contribution in [1.29, 1.82) is 0 Å². The standard InChI is InChI=1S/C17H14ClNO3S/c1-23-13-4-2-3-12(9-13)19-16(20)6-5-11-7-14(18)17-15(8-11)21-10-22-17/h2-9H,10H2,1H3,(H,19,20)/b6-5+. The summed E-state index contributed by atoms with van der Waals surface area (Å²) in [5.41, 5.74) is 1.53. The van der Waals surface area contributed by atoms with Crippen LogP contribution < -0.4 is 14.8 Å². The van der Waals surface area contributed by atoms with Gasteiger partial charge in [0.1, 0.15) is 0 Å². The first-order valence-corrected chi connectivity index (χ1v) is 8.48. The molecule has 1 heterocycles. The van der Waals surface area contributed by atoms with Crippen molar-refractivity contribution in [3.8, 4) is 11.5 Å². The fraction of sp³-hybridized carbons (Fsp3) is 0.118. The van der Waals surface area contributed by atoms with Crippen LogP contribution in [0, 0.1) is 0 Å². The van der Waals surface area contributed by atoms with Gasteiger partial charge in [-0.15, -0.1) is 11.8 Å². The number of ether oxygens (including phenoxy) is 2. The smallest absolute Gasteiger partial charge is 0.248 e. The highest BCUT2D eigenvalue weighted by atomic mass is 35.5. The van der Waals surface area contributed by atoms with E-state index in [0.717, 1.165) is 16.1 Å². The molecule has 0 fully saturated rings. The SMILES string of the molecule is CSc1cccc(NC(=O)/C=C/c2cc(Cl)c3c(c2)OCO3)c1. The molecule has 3 rings (SSSR count). The molecule has 1 aliphatic heterocycles. The van der Waals surface area contributed by atoms with Gasteiger partial charge in [0.15, 0.2) is 11.5 Å². The summed E-state index contributed by atoms with van der Waals surface area (Å²) in [5.74, 6) is 0.921. The van der Waals surface area contributed by atoms with E-state index >= 15 is 0 Å². The third-order valence-corrected chi connectivity index (χ3v) is 4.22. The Hall–Kier alpha value is -2.11. The summed E-state index contributed by atoms with van der Waals surface area (Å²) in [4.78, 5) is 13.1. The molecule has 2 aromatic carbocycles. The molecule has 0 atom stereocenters. The zero-order valence-corrected chi connectivity index (χ0v) is 13.9. The summed E-state index contributed by atoms with van der Waals surface area (Å²) < 4.78 is 10.6. The lowest BCUT2D eigenvalue weighted by molar-refractivity contribution is -0.111. The van der Waals surface area contributed by atoms with Crippen LogP contribution in [0.4, 0.5) is 5.69 Å². The summed E-state index contributed by atoms with van der Waals surface area (Å²) in [5, 5.41) is 3.29. The van der Waals surface area contributed by atoms with Gasteiger partial charge in [0, 0.05) is 16.7 Å². The largest absolute Gasteiger partial charge is 0.454 e. The predicted molar refractivity (Wildman–Crippen MR) is 93.5 cm³/mol. The number of rotatable bonds is 4. The van der Waals surface area contributed by atoms with E-state index in [9.17, 15) is 4.79 Å². The first-order chi connectivity index (χ1) is 11.2. The maximum Gasteiger partial charge on any atom is 0.248 e. The lowest BCUT2D eigenvalue weighted by Gasteiger charge is -2.04. The molecule has 4 nitrogen and oxygen atoms in total. The molecule has 2 aromatic rings. The number of hydrogen-bond donors (Lipinski definition) is 1. The molecule has 0 bridgehead atoms. The fourth-order valence-corrected chi connectivity index (χ4v) is 2.87. The zero-order valence-electron chi connectivity index (χ0n) is 12.3. The molecule has 0 radical (unpaired) electrons. The number of fused-ring (bicyclic) bond motifs is 1. The Kier molecular flexibility index (Phi) is 4.79. The molecule has 0 aliphatic carbocycles. The fourth-order valence-electron chi connectivity index (χ4n) is 2.14. The van der Waals surface area contributed by atoms with Crippen LogP contribution in [-0.4, -0.2) is 19.0 Å². The maximum absolute atomic E-state index is 12.0. The summed E-state index contributed by atoms with van der Waals surface area (Å²) in [7, 11) is 0. The molecule has 0 unspecified atom stereocenters. The first kappa shape index (κ1) is 15.8. The zero-order chi connectivity index (χ0) is 16.2. The third kappa shape index (κ3) is 3.81. The van der Waals surface area contributed by atoms with E-state index in [1.807, 2.05) is 30.5 Å². The Morgan fingerprint density at radius 3 is 3.00 bits per heavy atom. The molecule has 0 saturated heterocycles. The van der Waals surface area contributed by atoms with Gasteiger partial charge < -0.3 is 14.8 Å².